The Kier molecular flexibility index (Phi) is 6.66. The monoisotopic (exact) mass is 712 g/mol. The Balaban J connectivity index is 1.19. The van der Waals surface area contributed by atoms with Gasteiger partial charge in [-0.25, -0.2) is 0 Å². The van der Waals surface area contributed by atoms with Crippen molar-refractivity contribution >= 4 is 76.2 Å². The van der Waals surface area contributed by atoms with Crippen molar-refractivity contribution < 1.29 is 8.83 Å². The van der Waals surface area contributed by atoms with Gasteiger partial charge in [0, 0.05) is 21.5 Å². The SMILES string of the molecule is c1ccc(-c2cc(-c3c4cccc(-c5ccc6oc7ccccc7c6c5)c4cc4c(-c5ccc6oc7ccccc7c6c5)cccc34)cc3ccccc23)cc1. The number of fused-ring (bicyclic) bond motifs is 9. The number of benzene rings is 10. The number of hydrogen-bond donors (Lipinski definition) is 0. The highest BCUT2D eigenvalue weighted by atomic mass is 16.3. The Bertz CT molecular complexity index is 3360. The van der Waals surface area contributed by atoms with Crippen molar-refractivity contribution in [2.24, 2.45) is 0 Å². The normalized spacial score (nSPS) is 11.9. The molecule has 0 spiro atoms. The maximum absolute atomic E-state index is 6.26. The predicted octanol–water partition coefficient (Wildman–Crippen LogP) is 15.6. The molecule has 0 aliphatic heterocycles. The Morgan fingerprint density at radius 2 is 0.732 bits per heavy atom. The van der Waals surface area contributed by atoms with Crippen LogP contribution in [0.5, 0.6) is 0 Å². The average Bonchev–Trinajstić information content (AvgIpc) is 3.83. The third kappa shape index (κ3) is 4.69. The molecule has 2 aromatic heterocycles. The molecule has 56 heavy (non-hydrogen) atoms. The van der Waals surface area contributed by atoms with Gasteiger partial charge in [0.05, 0.1) is 0 Å². The Hall–Kier alpha value is -7.42. The van der Waals surface area contributed by atoms with Gasteiger partial charge >= 0.3 is 0 Å². The lowest BCUT2D eigenvalue weighted by Gasteiger charge is -2.19. The van der Waals surface area contributed by atoms with Crippen LogP contribution < -0.4 is 0 Å². The first kappa shape index (κ1) is 31.0. The molecule has 0 bridgehead atoms. The first-order valence-corrected chi connectivity index (χ1v) is 19.2. The predicted molar refractivity (Wildman–Crippen MR) is 235 cm³/mol. The molecule has 10 aromatic carbocycles. The summed E-state index contributed by atoms with van der Waals surface area (Å²) in [5, 5.41) is 11.8. The molecule has 0 unspecified atom stereocenters. The molecule has 0 atom stereocenters. The maximum Gasteiger partial charge on any atom is 0.135 e. The van der Waals surface area contributed by atoms with E-state index in [2.05, 4.69) is 170 Å². The highest BCUT2D eigenvalue weighted by Gasteiger charge is 2.19. The van der Waals surface area contributed by atoms with E-state index in [0.717, 1.165) is 55.0 Å². The summed E-state index contributed by atoms with van der Waals surface area (Å²) in [6, 6.07) is 70.2. The number of furan rings is 2. The van der Waals surface area contributed by atoms with E-state index in [4.69, 9.17) is 8.83 Å². The van der Waals surface area contributed by atoms with Gasteiger partial charge in [0.1, 0.15) is 22.3 Å². The average molecular weight is 713 g/mol. The Labute approximate surface area is 322 Å². The van der Waals surface area contributed by atoms with E-state index in [1.165, 1.54) is 65.7 Å². The van der Waals surface area contributed by atoms with Crippen molar-refractivity contribution in [1.29, 1.82) is 0 Å². The van der Waals surface area contributed by atoms with Crippen LogP contribution >= 0.6 is 0 Å². The zero-order valence-corrected chi connectivity index (χ0v) is 30.3. The first-order valence-electron chi connectivity index (χ1n) is 19.2. The zero-order chi connectivity index (χ0) is 36.7. The minimum Gasteiger partial charge on any atom is -0.456 e. The van der Waals surface area contributed by atoms with E-state index >= 15 is 0 Å². The smallest absolute Gasteiger partial charge is 0.135 e. The summed E-state index contributed by atoms with van der Waals surface area (Å²) >= 11 is 0. The highest BCUT2D eigenvalue weighted by Crippen LogP contribution is 2.46. The Morgan fingerprint density at radius 3 is 1.34 bits per heavy atom. The summed E-state index contributed by atoms with van der Waals surface area (Å²) in [5.74, 6) is 0. The third-order valence-corrected chi connectivity index (χ3v) is 11.7. The molecule has 0 aliphatic rings. The summed E-state index contributed by atoms with van der Waals surface area (Å²) < 4.78 is 12.5. The molecule has 0 radical (unpaired) electrons. The van der Waals surface area contributed by atoms with Gasteiger partial charge in [-0.2, -0.15) is 0 Å². The second kappa shape index (κ2) is 12.0. The molecule has 260 valence electrons. The van der Waals surface area contributed by atoms with Gasteiger partial charge in [-0.05, 0) is 131 Å². The second-order valence-corrected chi connectivity index (χ2v) is 14.8. The molecule has 0 amide bonds. The summed E-state index contributed by atoms with van der Waals surface area (Å²) in [4.78, 5) is 0. The van der Waals surface area contributed by atoms with Crippen LogP contribution in [-0.2, 0) is 0 Å². The van der Waals surface area contributed by atoms with Gasteiger partial charge in [0.25, 0.3) is 0 Å². The van der Waals surface area contributed by atoms with Gasteiger partial charge in [-0.15, -0.1) is 0 Å². The van der Waals surface area contributed by atoms with E-state index in [1.807, 2.05) is 24.3 Å². The molecule has 12 aromatic rings. The maximum atomic E-state index is 6.26. The fourth-order valence-corrected chi connectivity index (χ4v) is 9.08. The number of para-hydroxylation sites is 2. The lowest BCUT2D eigenvalue weighted by atomic mass is 9.84. The van der Waals surface area contributed by atoms with Gasteiger partial charge < -0.3 is 8.83 Å². The third-order valence-electron chi connectivity index (χ3n) is 11.7. The van der Waals surface area contributed by atoms with Gasteiger partial charge in [0.2, 0.25) is 0 Å². The van der Waals surface area contributed by atoms with E-state index in [-0.39, 0.29) is 0 Å². The van der Waals surface area contributed by atoms with Crippen molar-refractivity contribution in [3.05, 3.63) is 194 Å². The minimum atomic E-state index is 0.898. The van der Waals surface area contributed by atoms with E-state index in [9.17, 15) is 0 Å². The van der Waals surface area contributed by atoms with Crippen LogP contribution in [-0.4, -0.2) is 0 Å². The molecular formula is C54H32O2. The van der Waals surface area contributed by atoms with Crippen LogP contribution in [0.25, 0.3) is 121 Å². The molecule has 2 heterocycles. The van der Waals surface area contributed by atoms with E-state index in [1.54, 1.807) is 0 Å². The number of hydrogen-bond acceptors (Lipinski definition) is 2. The van der Waals surface area contributed by atoms with Gasteiger partial charge in [0.15, 0.2) is 0 Å². The molecule has 12 rings (SSSR count). The van der Waals surface area contributed by atoms with Crippen LogP contribution in [0.1, 0.15) is 0 Å². The quantitative estimate of drug-likeness (QED) is 0.170. The van der Waals surface area contributed by atoms with Crippen molar-refractivity contribution in [2.75, 3.05) is 0 Å². The van der Waals surface area contributed by atoms with Crippen LogP contribution in [0.2, 0.25) is 0 Å². The van der Waals surface area contributed by atoms with Crippen LogP contribution in [0.15, 0.2) is 203 Å². The molecule has 0 N–H and O–H groups in total. The molecule has 0 fully saturated rings. The van der Waals surface area contributed by atoms with Crippen molar-refractivity contribution in [1.82, 2.24) is 0 Å². The fourth-order valence-electron chi connectivity index (χ4n) is 9.08. The standard InChI is InChI=1S/C54H32O2/c1-2-12-33(13-3-1)45-31-37(28-34-14-4-5-15-38(34)45)54-43-20-10-18-39(35-24-26-52-48(29-35)41-16-6-8-22-50(41)55-52)46(43)32-47-40(19-11-21-44(47)54)36-25-27-53-49(30-36)42-17-7-9-23-51(42)56-53/h1-32H. The van der Waals surface area contributed by atoms with Crippen molar-refractivity contribution in [3.63, 3.8) is 0 Å². The minimum absolute atomic E-state index is 0.898. The first-order chi connectivity index (χ1) is 27.7. The van der Waals surface area contributed by atoms with Crippen LogP contribution in [0, 0.1) is 0 Å². The summed E-state index contributed by atoms with van der Waals surface area (Å²) in [6.45, 7) is 0. The van der Waals surface area contributed by atoms with E-state index < -0.39 is 0 Å². The molecule has 2 nitrogen and oxygen atoms in total. The molecular weight excluding hydrogens is 681 g/mol. The summed E-state index contributed by atoms with van der Waals surface area (Å²) in [7, 11) is 0. The lowest BCUT2D eigenvalue weighted by molar-refractivity contribution is 0.668. The summed E-state index contributed by atoms with van der Waals surface area (Å²) in [6.07, 6.45) is 0. The fraction of sp³-hybridized carbons (Fsp3) is 0. The van der Waals surface area contributed by atoms with Crippen LogP contribution in [0.3, 0.4) is 0 Å². The second-order valence-electron chi connectivity index (χ2n) is 14.8. The van der Waals surface area contributed by atoms with Gasteiger partial charge in [-0.3, -0.25) is 0 Å². The molecule has 0 aliphatic carbocycles. The lowest BCUT2D eigenvalue weighted by Crippen LogP contribution is -1.92. The number of rotatable bonds is 4. The molecule has 0 saturated carbocycles. The Morgan fingerprint density at radius 1 is 0.232 bits per heavy atom. The zero-order valence-electron chi connectivity index (χ0n) is 30.3. The molecule has 0 saturated heterocycles. The van der Waals surface area contributed by atoms with Gasteiger partial charge in [-0.1, -0.05) is 140 Å². The molecule has 2 heteroatoms. The largest absolute Gasteiger partial charge is 0.456 e. The van der Waals surface area contributed by atoms with E-state index in [0.29, 0.717) is 0 Å². The highest BCUT2D eigenvalue weighted by molar-refractivity contribution is 6.21. The van der Waals surface area contributed by atoms with Crippen molar-refractivity contribution in [2.45, 2.75) is 0 Å². The topological polar surface area (TPSA) is 26.3 Å². The summed E-state index contributed by atoms with van der Waals surface area (Å²) in [5.41, 5.74) is 13.2. The van der Waals surface area contributed by atoms with Crippen molar-refractivity contribution in [3.8, 4) is 44.5 Å². The van der Waals surface area contributed by atoms with Crippen LogP contribution in [0.4, 0.5) is 0 Å².